The Labute approximate surface area is 84.3 Å². The van der Waals surface area contributed by atoms with E-state index in [9.17, 15) is 9.90 Å². The second kappa shape index (κ2) is 6.27. The molecular weight excluding hydrogens is 186 g/mol. The van der Waals surface area contributed by atoms with Crippen LogP contribution >= 0.6 is 11.8 Å². The van der Waals surface area contributed by atoms with Crippen molar-refractivity contribution in [3.63, 3.8) is 0 Å². The zero-order valence-electron chi connectivity index (χ0n) is 8.59. The lowest BCUT2D eigenvalue weighted by Gasteiger charge is -2.16. The van der Waals surface area contributed by atoms with Gasteiger partial charge in [0.15, 0.2) is 0 Å². The molecule has 13 heavy (non-hydrogen) atoms. The number of rotatable bonds is 6. The molecule has 0 fully saturated rings. The highest BCUT2D eigenvalue weighted by atomic mass is 32.2. The highest BCUT2D eigenvalue weighted by Gasteiger charge is 2.22. The molecule has 1 amide bonds. The van der Waals surface area contributed by atoms with Crippen molar-refractivity contribution in [3.8, 4) is 0 Å². The Balaban J connectivity index is 3.38. The quantitative estimate of drug-likeness (QED) is 0.636. The Morgan fingerprint density at radius 2 is 2.08 bits per heavy atom. The van der Waals surface area contributed by atoms with E-state index in [1.165, 1.54) is 13.8 Å². The standard InChI is InChI=1S/C9H19NO2S/c1-9(2,12)8(11)10-6-4-5-7-13-3/h12H,4-7H2,1-3H3,(H,10,11). The lowest BCUT2D eigenvalue weighted by atomic mass is 10.1. The molecule has 0 radical (unpaired) electrons. The maximum Gasteiger partial charge on any atom is 0.251 e. The molecule has 0 aromatic carbocycles. The predicted molar refractivity (Wildman–Crippen MR) is 56.9 cm³/mol. The third-order valence-corrected chi connectivity index (χ3v) is 2.31. The van der Waals surface area contributed by atoms with Gasteiger partial charge in [-0.25, -0.2) is 0 Å². The van der Waals surface area contributed by atoms with E-state index < -0.39 is 5.60 Å². The van der Waals surface area contributed by atoms with E-state index in [1.54, 1.807) is 11.8 Å². The minimum atomic E-state index is -1.25. The van der Waals surface area contributed by atoms with Crippen LogP contribution in [-0.2, 0) is 4.79 Å². The third-order valence-electron chi connectivity index (χ3n) is 1.62. The first-order valence-corrected chi connectivity index (χ1v) is 5.87. The summed E-state index contributed by atoms with van der Waals surface area (Å²) in [6.45, 7) is 3.64. The number of thioether (sulfide) groups is 1. The van der Waals surface area contributed by atoms with Crippen LogP contribution in [0.1, 0.15) is 26.7 Å². The van der Waals surface area contributed by atoms with Crippen molar-refractivity contribution in [2.24, 2.45) is 0 Å². The van der Waals surface area contributed by atoms with E-state index >= 15 is 0 Å². The number of hydrogen-bond donors (Lipinski definition) is 2. The topological polar surface area (TPSA) is 49.3 Å². The van der Waals surface area contributed by atoms with Crippen molar-refractivity contribution in [2.75, 3.05) is 18.6 Å². The average molecular weight is 205 g/mol. The Kier molecular flexibility index (Phi) is 6.16. The molecule has 0 aliphatic rings. The fraction of sp³-hybridized carbons (Fsp3) is 0.889. The van der Waals surface area contributed by atoms with E-state index in [4.69, 9.17) is 0 Å². The molecule has 0 aliphatic carbocycles. The van der Waals surface area contributed by atoms with Gasteiger partial charge in [-0.3, -0.25) is 4.79 Å². The van der Waals surface area contributed by atoms with Crippen molar-refractivity contribution in [1.82, 2.24) is 5.32 Å². The molecule has 0 rings (SSSR count). The van der Waals surface area contributed by atoms with Gasteiger partial charge in [0.1, 0.15) is 5.60 Å². The molecule has 0 saturated heterocycles. The molecule has 3 nitrogen and oxygen atoms in total. The van der Waals surface area contributed by atoms with Gasteiger partial charge in [-0.1, -0.05) is 0 Å². The maximum atomic E-state index is 11.1. The summed E-state index contributed by atoms with van der Waals surface area (Å²) in [4.78, 5) is 11.1. The monoisotopic (exact) mass is 205 g/mol. The van der Waals surface area contributed by atoms with Gasteiger partial charge < -0.3 is 10.4 Å². The Morgan fingerprint density at radius 1 is 1.46 bits per heavy atom. The van der Waals surface area contributed by atoms with E-state index in [0.717, 1.165) is 18.6 Å². The van der Waals surface area contributed by atoms with E-state index in [0.29, 0.717) is 6.54 Å². The van der Waals surface area contributed by atoms with Gasteiger partial charge in [0, 0.05) is 6.54 Å². The van der Waals surface area contributed by atoms with E-state index in [-0.39, 0.29) is 5.91 Å². The number of hydrogen-bond acceptors (Lipinski definition) is 3. The number of carbonyl (C=O) groups is 1. The summed E-state index contributed by atoms with van der Waals surface area (Å²) >= 11 is 1.80. The molecule has 0 heterocycles. The van der Waals surface area contributed by atoms with Crippen LogP contribution in [-0.4, -0.2) is 35.2 Å². The van der Waals surface area contributed by atoms with Crippen molar-refractivity contribution in [1.29, 1.82) is 0 Å². The van der Waals surface area contributed by atoms with Gasteiger partial charge in [-0.15, -0.1) is 0 Å². The molecule has 0 saturated carbocycles. The summed E-state index contributed by atoms with van der Waals surface area (Å²) < 4.78 is 0. The Morgan fingerprint density at radius 3 is 2.54 bits per heavy atom. The van der Waals surface area contributed by atoms with Gasteiger partial charge >= 0.3 is 0 Å². The number of carbonyl (C=O) groups excluding carboxylic acids is 1. The summed E-state index contributed by atoms with van der Waals surface area (Å²) in [7, 11) is 0. The van der Waals surface area contributed by atoms with Gasteiger partial charge in [-0.05, 0) is 38.7 Å². The van der Waals surface area contributed by atoms with Crippen LogP contribution in [0.5, 0.6) is 0 Å². The first kappa shape index (κ1) is 12.8. The molecular formula is C9H19NO2S. The lowest BCUT2D eigenvalue weighted by molar-refractivity contribution is -0.136. The predicted octanol–water partition coefficient (Wildman–Crippen LogP) is 1.02. The van der Waals surface area contributed by atoms with Crippen LogP contribution in [0.2, 0.25) is 0 Å². The molecule has 0 aromatic heterocycles. The summed E-state index contributed by atoms with van der Waals surface area (Å²) in [6, 6.07) is 0. The van der Waals surface area contributed by atoms with Crippen LogP contribution in [0.15, 0.2) is 0 Å². The molecule has 0 unspecified atom stereocenters. The fourth-order valence-electron chi connectivity index (χ4n) is 0.790. The maximum absolute atomic E-state index is 11.1. The minimum absolute atomic E-state index is 0.295. The zero-order valence-corrected chi connectivity index (χ0v) is 9.41. The first-order valence-electron chi connectivity index (χ1n) is 4.48. The summed E-state index contributed by atoms with van der Waals surface area (Å²) in [5, 5.41) is 12.0. The van der Waals surface area contributed by atoms with Crippen LogP contribution in [0.25, 0.3) is 0 Å². The van der Waals surface area contributed by atoms with Crippen LogP contribution in [0, 0.1) is 0 Å². The number of amides is 1. The van der Waals surface area contributed by atoms with Gasteiger partial charge in [0.2, 0.25) is 0 Å². The molecule has 0 aliphatic heterocycles. The van der Waals surface area contributed by atoms with Gasteiger partial charge in [-0.2, -0.15) is 11.8 Å². The third kappa shape index (κ3) is 6.90. The smallest absolute Gasteiger partial charge is 0.251 e. The summed E-state index contributed by atoms with van der Waals surface area (Å²) in [5.74, 6) is 0.829. The van der Waals surface area contributed by atoms with Crippen molar-refractivity contribution in [2.45, 2.75) is 32.3 Å². The number of nitrogens with one attached hydrogen (secondary N) is 1. The molecule has 2 N–H and O–H groups in total. The average Bonchev–Trinajstić information content (AvgIpc) is 2.02. The summed E-state index contributed by atoms with van der Waals surface area (Å²) in [6.07, 6.45) is 4.14. The van der Waals surface area contributed by atoms with E-state index in [2.05, 4.69) is 11.6 Å². The van der Waals surface area contributed by atoms with Crippen LogP contribution in [0.3, 0.4) is 0 Å². The van der Waals surface area contributed by atoms with Gasteiger partial charge in [0.25, 0.3) is 5.91 Å². The normalized spacial score (nSPS) is 11.4. The fourth-order valence-corrected chi connectivity index (χ4v) is 1.28. The second-order valence-electron chi connectivity index (χ2n) is 3.51. The second-order valence-corrected chi connectivity index (χ2v) is 4.50. The largest absolute Gasteiger partial charge is 0.381 e. The SMILES string of the molecule is CSCCCCNC(=O)C(C)(C)O. The van der Waals surface area contributed by atoms with Crippen molar-refractivity contribution in [3.05, 3.63) is 0 Å². The highest BCUT2D eigenvalue weighted by molar-refractivity contribution is 7.98. The Bertz CT molecular complexity index is 154. The first-order chi connectivity index (χ1) is 5.98. The van der Waals surface area contributed by atoms with Gasteiger partial charge in [0.05, 0.1) is 0 Å². The highest BCUT2D eigenvalue weighted by Crippen LogP contribution is 2.01. The van der Waals surface area contributed by atoms with Crippen LogP contribution < -0.4 is 5.32 Å². The lowest BCUT2D eigenvalue weighted by Crippen LogP contribution is -2.42. The zero-order chi connectivity index (χ0) is 10.3. The number of unbranched alkanes of at least 4 members (excludes halogenated alkanes) is 1. The molecule has 4 heteroatoms. The number of aliphatic hydroxyl groups is 1. The Hall–Kier alpha value is -0.220. The molecule has 0 aromatic rings. The van der Waals surface area contributed by atoms with Crippen molar-refractivity contribution < 1.29 is 9.90 Å². The molecule has 78 valence electrons. The molecule has 0 bridgehead atoms. The molecule has 0 spiro atoms. The van der Waals surface area contributed by atoms with Crippen LogP contribution in [0.4, 0.5) is 0 Å². The van der Waals surface area contributed by atoms with E-state index in [1.807, 2.05) is 0 Å². The summed E-state index contributed by atoms with van der Waals surface area (Å²) in [5.41, 5.74) is -1.25. The van der Waals surface area contributed by atoms with Crippen molar-refractivity contribution >= 4 is 17.7 Å². The minimum Gasteiger partial charge on any atom is -0.381 e. The molecule has 0 atom stereocenters.